The third-order valence-electron chi connectivity index (χ3n) is 3.07. The van der Waals surface area contributed by atoms with Gasteiger partial charge in [-0.05, 0) is 18.6 Å². The highest BCUT2D eigenvalue weighted by molar-refractivity contribution is 5.91. The summed E-state index contributed by atoms with van der Waals surface area (Å²) in [6.07, 6.45) is 0.635. The topological polar surface area (TPSA) is 104 Å². The second kappa shape index (κ2) is 4.11. The summed E-state index contributed by atoms with van der Waals surface area (Å²) < 4.78 is 0. The molecule has 1 aromatic heterocycles. The summed E-state index contributed by atoms with van der Waals surface area (Å²) in [6.45, 7) is 2.74. The number of carbonyl (C=O) groups excluding carboxylic acids is 2. The van der Waals surface area contributed by atoms with E-state index in [4.69, 9.17) is 0 Å². The fourth-order valence-electron chi connectivity index (χ4n) is 2.02. The molecule has 1 aromatic rings. The Kier molecular flexibility index (Phi) is 2.78. The molecule has 0 bridgehead atoms. The maximum atomic E-state index is 11.9. The lowest BCUT2D eigenvalue weighted by atomic mass is 9.89. The van der Waals surface area contributed by atoms with Crippen LogP contribution in [-0.2, 0) is 4.79 Å². The highest BCUT2D eigenvalue weighted by atomic mass is 16.2. The zero-order chi connectivity index (χ0) is 12.5. The maximum absolute atomic E-state index is 11.9. The molecule has 1 fully saturated rings. The van der Waals surface area contributed by atoms with E-state index in [1.54, 1.807) is 11.9 Å². The molecular formula is C9H14N6O2. The quantitative estimate of drug-likeness (QED) is 0.673. The fraction of sp³-hybridized carbons (Fsp3) is 0.667. The van der Waals surface area contributed by atoms with E-state index in [-0.39, 0.29) is 17.6 Å². The van der Waals surface area contributed by atoms with Crippen LogP contribution in [0.3, 0.4) is 0 Å². The lowest BCUT2D eigenvalue weighted by Gasteiger charge is -2.21. The van der Waals surface area contributed by atoms with Crippen LogP contribution in [0.2, 0.25) is 0 Å². The van der Waals surface area contributed by atoms with Gasteiger partial charge in [0.05, 0.1) is 5.41 Å². The molecule has 0 aromatic carbocycles. The van der Waals surface area contributed by atoms with E-state index >= 15 is 0 Å². The van der Waals surface area contributed by atoms with Crippen molar-refractivity contribution in [2.24, 2.45) is 5.41 Å². The highest BCUT2D eigenvalue weighted by Gasteiger charge is 2.42. The minimum absolute atomic E-state index is 0.0335. The predicted octanol–water partition coefficient (Wildman–Crippen LogP) is -1.20. The number of aromatic amines is 1. The van der Waals surface area contributed by atoms with Gasteiger partial charge in [0.1, 0.15) is 0 Å². The van der Waals surface area contributed by atoms with Gasteiger partial charge in [-0.25, -0.2) is 0 Å². The van der Waals surface area contributed by atoms with Crippen molar-refractivity contribution < 1.29 is 9.59 Å². The summed E-state index contributed by atoms with van der Waals surface area (Å²) in [5.74, 6) is -0.321. The van der Waals surface area contributed by atoms with E-state index in [2.05, 4.69) is 25.9 Å². The van der Waals surface area contributed by atoms with Crippen molar-refractivity contribution in [3.05, 3.63) is 5.82 Å². The van der Waals surface area contributed by atoms with E-state index < -0.39 is 5.41 Å². The van der Waals surface area contributed by atoms with Crippen molar-refractivity contribution in [3.63, 3.8) is 0 Å². The van der Waals surface area contributed by atoms with Gasteiger partial charge in [-0.15, -0.1) is 10.2 Å². The minimum atomic E-state index is -0.534. The summed E-state index contributed by atoms with van der Waals surface area (Å²) in [5.41, 5.74) is -0.534. The molecule has 2 N–H and O–H groups in total. The number of H-pyrrole nitrogens is 1. The van der Waals surface area contributed by atoms with Gasteiger partial charge in [-0.2, -0.15) is 5.21 Å². The molecule has 0 radical (unpaired) electrons. The van der Waals surface area contributed by atoms with Gasteiger partial charge < -0.3 is 10.2 Å². The lowest BCUT2D eigenvalue weighted by Crippen LogP contribution is -2.40. The molecule has 2 rings (SSSR count). The summed E-state index contributed by atoms with van der Waals surface area (Å²) in [6, 6.07) is 0. The summed E-state index contributed by atoms with van der Waals surface area (Å²) in [7, 11) is 1.59. The molecule has 1 unspecified atom stereocenters. The first-order valence-electron chi connectivity index (χ1n) is 5.32. The summed E-state index contributed by atoms with van der Waals surface area (Å²) >= 11 is 0. The third-order valence-corrected chi connectivity index (χ3v) is 3.07. The molecule has 0 saturated carbocycles. The monoisotopic (exact) mass is 238 g/mol. The van der Waals surface area contributed by atoms with Crippen LogP contribution in [0.4, 0.5) is 0 Å². The molecule has 8 nitrogen and oxygen atoms in total. The number of carbonyl (C=O) groups is 2. The number of hydrogen-bond acceptors (Lipinski definition) is 5. The van der Waals surface area contributed by atoms with Crippen molar-refractivity contribution in [2.75, 3.05) is 20.1 Å². The minimum Gasteiger partial charge on any atom is -0.359 e. The molecular weight excluding hydrogens is 224 g/mol. The SMILES string of the molecule is CNC(=O)C1(C)CCN(C(=O)c2nn[nH]n2)C1. The first-order chi connectivity index (χ1) is 8.07. The van der Waals surface area contributed by atoms with Crippen molar-refractivity contribution in [1.82, 2.24) is 30.8 Å². The molecule has 0 spiro atoms. The van der Waals surface area contributed by atoms with Crippen molar-refractivity contribution in [2.45, 2.75) is 13.3 Å². The van der Waals surface area contributed by atoms with Crippen LogP contribution >= 0.6 is 0 Å². The van der Waals surface area contributed by atoms with Crippen LogP contribution in [-0.4, -0.2) is 57.5 Å². The molecule has 1 saturated heterocycles. The normalized spacial score (nSPS) is 23.8. The third kappa shape index (κ3) is 1.97. The number of amides is 2. The molecule has 0 aliphatic carbocycles. The van der Waals surface area contributed by atoms with E-state index in [1.165, 1.54) is 0 Å². The molecule has 92 valence electrons. The number of rotatable bonds is 2. The van der Waals surface area contributed by atoms with Crippen molar-refractivity contribution in [1.29, 1.82) is 0 Å². The van der Waals surface area contributed by atoms with Crippen LogP contribution in [0.1, 0.15) is 24.0 Å². The lowest BCUT2D eigenvalue weighted by molar-refractivity contribution is -0.128. The molecule has 1 aliphatic heterocycles. The number of hydrogen-bond donors (Lipinski definition) is 2. The number of tetrazole rings is 1. The highest BCUT2D eigenvalue weighted by Crippen LogP contribution is 2.30. The van der Waals surface area contributed by atoms with Gasteiger partial charge in [0.2, 0.25) is 5.91 Å². The van der Waals surface area contributed by atoms with Crippen LogP contribution in [0.25, 0.3) is 0 Å². The van der Waals surface area contributed by atoms with E-state index in [0.29, 0.717) is 19.5 Å². The Labute approximate surface area is 97.8 Å². The first kappa shape index (κ1) is 11.5. The van der Waals surface area contributed by atoms with Gasteiger partial charge in [0.15, 0.2) is 0 Å². The Balaban J connectivity index is 2.08. The van der Waals surface area contributed by atoms with Crippen LogP contribution in [0, 0.1) is 5.41 Å². The zero-order valence-electron chi connectivity index (χ0n) is 9.73. The zero-order valence-corrected chi connectivity index (χ0v) is 9.73. The Bertz CT molecular complexity index is 431. The van der Waals surface area contributed by atoms with E-state index in [1.807, 2.05) is 6.92 Å². The Morgan fingerprint density at radius 2 is 2.29 bits per heavy atom. The summed E-state index contributed by atoms with van der Waals surface area (Å²) in [5, 5.41) is 15.5. The second-order valence-corrected chi connectivity index (χ2v) is 4.35. The van der Waals surface area contributed by atoms with Gasteiger partial charge in [-0.3, -0.25) is 9.59 Å². The van der Waals surface area contributed by atoms with Gasteiger partial charge in [0, 0.05) is 20.1 Å². The van der Waals surface area contributed by atoms with Crippen molar-refractivity contribution >= 4 is 11.8 Å². The van der Waals surface area contributed by atoms with Gasteiger partial charge in [-0.1, -0.05) is 0 Å². The Morgan fingerprint density at radius 1 is 1.53 bits per heavy atom. The van der Waals surface area contributed by atoms with Gasteiger partial charge in [0.25, 0.3) is 11.7 Å². The molecule has 17 heavy (non-hydrogen) atoms. The van der Waals surface area contributed by atoms with E-state index in [9.17, 15) is 9.59 Å². The standard InChI is InChI=1S/C9H14N6O2/c1-9(8(17)10-2)3-4-15(5-9)7(16)6-11-13-14-12-6/h3-5H2,1-2H3,(H,10,17)(H,11,12,13,14). The van der Waals surface area contributed by atoms with Crippen LogP contribution in [0.5, 0.6) is 0 Å². The summed E-state index contributed by atoms with van der Waals surface area (Å²) in [4.78, 5) is 25.2. The predicted molar refractivity (Wildman–Crippen MR) is 56.9 cm³/mol. The molecule has 2 amide bonds. The second-order valence-electron chi connectivity index (χ2n) is 4.35. The average molecular weight is 238 g/mol. The molecule has 8 heteroatoms. The molecule has 1 aliphatic rings. The number of nitrogens with zero attached hydrogens (tertiary/aromatic N) is 4. The molecule has 1 atom stereocenters. The fourth-order valence-corrected chi connectivity index (χ4v) is 2.02. The smallest absolute Gasteiger partial charge is 0.295 e. The van der Waals surface area contributed by atoms with Gasteiger partial charge >= 0.3 is 0 Å². The largest absolute Gasteiger partial charge is 0.359 e. The van der Waals surface area contributed by atoms with Crippen LogP contribution < -0.4 is 5.32 Å². The van der Waals surface area contributed by atoms with Crippen LogP contribution in [0.15, 0.2) is 0 Å². The molecule has 2 heterocycles. The number of likely N-dealkylation sites (tertiary alicyclic amines) is 1. The Hall–Kier alpha value is -1.99. The number of aromatic nitrogens is 4. The number of nitrogens with one attached hydrogen (secondary N) is 2. The maximum Gasteiger partial charge on any atom is 0.295 e. The average Bonchev–Trinajstić information content (AvgIpc) is 2.96. The van der Waals surface area contributed by atoms with E-state index in [0.717, 1.165) is 0 Å². The Morgan fingerprint density at radius 3 is 2.88 bits per heavy atom. The first-order valence-corrected chi connectivity index (χ1v) is 5.32. The van der Waals surface area contributed by atoms with Crippen molar-refractivity contribution in [3.8, 4) is 0 Å².